The number of hydrogen-bond donors (Lipinski definition) is 0. The van der Waals surface area contributed by atoms with E-state index in [2.05, 4.69) is 26.4 Å². The maximum absolute atomic E-state index is 13.0. The van der Waals surface area contributed by atoms with E-state index in [1.807, 2.05) is 4.90 Å². The van der Waals surface area contributed by atoms with E-state index in [1.54, 1.807) is 12.5 Å². The Bertz CT molecular complexity index is 1090. The van der Waals surface area contributed by atoms with E-state index in [4.69, 9.17) is 0 Å². The van der Waals surface area contributed by atoms with Gasteiger partial charge in [-0.3, -0.25) is 9.69 Å². The molecule has 31 heavy (non-hydrogen) atoms. The van der Waals surface area contributed by atoms with E-state index in [0.29, 0.717) is 31.0 Å². The number of benzene rings is 1. The average Bonchev–Trinajstić information content (AvgIpc) is 3.39. The van der Waals surface area contributed by atoms with Crippen LogP contribution in [0.15, 0.2) is 42.2 Å². The predicted molar refractivity (Wildman–Crippen MR) is 109 cm³/mol. The Balaban J connectivity index is 1.30. The number of carbonyl (C=O) groups excluding carboxylic acids is 1. The number of aromatic amines is 1. The van der Waals surface area contributed by atoms with Crippen LogP contribution in [0.5, 0.6) is 0 Å². The molecule has 1 amide bonds. The van der Waals surface area contributed by atoms with Gasteiger partial charge in [0.2, 0.25) is 23.9 Å². The number of aromatic nitrogens is 2. The van der Waals surface area contributed by atoms with Gasteiger partial charge in [0.05, 0.1) is 37.2 Å². The summed E-state index contributed by atoms with van der Waals surface area (Å²) in [5.41, 5.74) is 1.35. The minimum Gasteiger partial charge on any atom is -0.330 e. The molecule has 3 aliphatic rings. The van der Waals surface area contributed by atoms with E-state index in [9.17, 15) is 18.0 Å². The number of halogens is 3. The lowest BCUT2D eigenvalue weighted by molar-refractivity contribution is -0.369. The minimum absolute atomic E-state index is 0.0476. The molecule has 1 aromatic heterocycles. The molecule has 1 N–H and O–H groups in total. The quantitative estimate of drug-likeness (QED) is 0.755. The molecule has 0 radical (unpaired) electrons. The molecule has 3 heterocycles. The van der Waals surface area contributed by atoms with Crippen LogP contribution in [-0.4, -0.2) is 47.2 Å². The van der Waals surface area contributed by atoms with E-state index in [-0.39, 0.29) is 17.9 Å². The highest BCUT2D eigenvalue weighted by molar-refractivity contribution is 6.16. The highest BCUT2D eigenvalue weighted by Gasteiger charge is 2.55. The Morgan fingerprint density at radius 3 is 2.61 bits per heavy atom. The van der Waals surface area contributed by atoms with Crippen molar-refractivity contribution in [3.63, 3.8) is 0 Å². The first-order valence-corrected chi connectivity index (χ1v) is 10.1. The third kappa shape index (κ3) is 3.47. The summed E-state index contributed by atoms with van der Waals surface area (Å²) in [4.78, 5) is 28.9. The van der Waals surface area contributed by atoms with Crippen LogP contribution in [0.4, 0.5) is 24.8 Å². The first-order valence-electron chi connectivity index (χ1n) is 10.1. The van der Waals surface area contributed by atoms with Crippen LogP contribution >= 0.6 is 0 Å². The molecule has 6 nitrogen and oxygen atoms in total. The van der Waals surface area contributed by atoms with Crippen molar-refractivity contribution in [1.29, 1.82) is 0 Å². The van der Waals surface area contributed by atoms with Gasteiger partial charge >= 0.3 is 6.18 Å². The van der Waals surface area contributed by atoms with Crippen LogP contribution in [0.3, 0.4) is 0 Å². The summed E-state index contributed by atoms with van der Waals surface area (Å²) in [6.45, 7) is 5.92. The van der Waals surface area contributed by atoms with Gasteiger partial charge in [0.25, 0.3) is 0 Å². The van der Waals surface area contributed by atoms with Gasteiger partial charge in [-0.25, -0.2) is 9.98 Å². The van der Waals surface area contributed by atoms with Gasteiger partial charge in [-0.1, -0.05) is 23.7 Å². The van der Waals surface area contributed by atoms with Crippen molar-refractivity contribution in [3.05, 3.63) is 53.9 Å². The number of rotatable bonds is 3. The molecule has 2 fully saturated rings. The van der Waals surface area contributed by atoms with Crippen molar-refractivity contribution in [2.75, 3.05) is 24.5 Å². The highest BCUT2D eigenvalue weighted by atomic mass is 19.4. The molecular formula is C22H21F3N5O+. The van der Waals surface area contributed by atoms with Crippen LogP contribution in [0.2, 0.25) is 0 Å². The second kappa shape index (κ2) is 6.90. The Kier molecular flexibility index (Phi) is 4.39. The summed E-state index contributed by atoms with van der Waals surface area (Å²) in [5.74, 6) is 1.51. The normalized spacial score (nSPS) is 19.1. The summed E-state index contributed by atoms with van der Waals surface area (Å²) in [5, 5.41) is 0. The molecular weight excluding hydrogens is 407 g/mol. The van der Waals surface area contributed by atoms with Crippen molar-refractivity contribution in [1.82, 2.24) is 9.88 Å². The number of hydrogen-bond acceptors (Lipinski definition) is 4. The van der Waals surface area contributed by atoms with Crippen molar-refractivity contribution in [2.24, 2.45) is 4.99 Å². The Hall–Kier alpha value is -3.23. The van der Waals surface area contributed by atoms with Crippen LogP contribution in [0, 0.1) is 0 Å². The molecule has 1 aliphatic carbocycles. The summed E-state index contributed by atoms with van der Waals surface area (Å²) >= 11 is 0. The fraction of sp³-hybridized carbons (Fsp3) is 0.364. The second-order valence-corrected chi connectivity index (χ2v) is 8.30. The number of carbonyl (C=O) groups is 1. The molecule has 0 bridgehead atoms. The number of amides is 1. The van der Waals surface area contributed by atoms with Crippen molar-refractivity contribution < 1.29 is 22.9 Å². The number of fused-ring (bicyclic) bond motifs is 1. The lowest BCUT2D eigenvalue weighted by Gasteiger charge is -2.40. The standard InChI is InChI=1S/C22H20F3N5O/c1-14-11-26-19-18(14)20(28-13-27-19)29-8-9-30(21(12-29)6-7-21)17(31)10-15-2-4-16(5-3-15)22(23,24)25/h2-5,11,13H,1,6-10,12H2/p+1. The molecule has 0 unspecified atom stereocenters. The maximum atomic E-state index is 13.0. The van der Waals surface area contributed by atoms with Gasteiger partial charge in [0.15, 0.2) is 0 Å². The smallest absolute Gasteiger partial charge is 0.330 e. The summed E-state index contributed by atoms with van der Waals surface area (Å²) in [7, 11) is 0. The molecule has 5 rings (SSSR count). The molecule has 1 aromatic carbocycles. The zero-order valence-corrected chi connectivity index (χ0v) is 16.7. The van der Waals surface area contributed by atoms with E-state index >= 15 is 0 Å². The molecule has 160 valence electrons. The molecule has 2 aliphatic heterocycles. The SMILES string of the molecule is C=C1C=Nc2nc[nH+]c(N3CCN(C(=O)Cc4ccc(C(F)(F)F)cc4)C4(CC4)C3)c21. The third-order valence-corrected chi connectivity index (χ3v) is 6.24. The third-order valence-electron chi connectivity index (χ3n) is 6.24. The Morgan fingerprint density at radius 2 is 1.94 bits per heavy atom. The van der Waals surface area contributed by atoms with Gasteiger partial charge in [0.1, 0.15) is 5.56 Å². The zero-order valence-electron chi connectivity index (χ0n) is 16.7. The lowest BCUT2D eigenvalue weighted by Crippen LogP contribution is -2.58. The fourth-order valence-electron chi connectivity index (χ4n) is 4.46. The summed E-state index contributed by atoms with van der Waals surface area (Å²) in [6, 6.07) is 4.83. The van der Waals surface area contributed by atoms with Gasteiger partial charge in [0, 0.05) is 11.8 Å². The second-order valence-electron chi connectivity index (χ2n) is 8.30. The van der Waals surface area contributed by atoms with Crippen molar-refractivity contribution in [3.8, 4) is 0 Å². The van der Waals surface area contributed by atoms with Gasteiger partial charge < -0.3 is 4.90 Å². The number of aliphatic imine (C=N–C) groups is 1. The zero-order chi connectivity index (χ0) is 21.8. The van der Waals surface area contributed by atoms with Crippen LogP contribution in [-0.2, 0) is 17.4 Å². The average molecular weight is 428 g/mol. The predicted octanol–water partition coefficient (Wildman–Crippen LogP) is 3.07. The van der Waals surface area contributed by atoms with Crippen LogP contribution in [0.1, 0.15) is 29.5 Å². The molecule has 0 atom stereocenters. The topological polar surface area (TPSA) is 62.9 Å². The van der Waals surface area contributed by atoms with E-state index in [1.165, 1.54) is 12.1 Å². The van der Waals surface area contributed by atoms with E-state index in [0.717, 1.165) is 41.9 Å². The molecule has 9 heteroatoms. The largest absolute Gasteiger partial charge is 0.416 e. The summed E-state index contributed by atoms with van der Waals surface area (Å²) in [6.07, 6.45) is 0.857. The number of nitrogens with one attached hydrogen (secondary N) is 1. The first kappa shape index (κ1) is 19.7. The van der Waals surface area contributed by atoms with Crippen LogP contribution < -0.4 is 9.88 Å². The van der Waals surface area contributed by atoms with Gasteiger partial charge in [-0.15, -0.1) is 0 Å². The first-order chi connectivity index (χ1) is 14.8. The number of piperazine rings is 1. The Labute approximate surface area is 177 Å². The minimum atomic E-state index is -4.38. The van der Waals surface area contributed by atoms with Gasteiger partial charge in [-0.2, -0.15) is 13.2 Å². The lowest BCUT2D eigenvalue weighted by atomic mass is 10.0. The number of nitrogens with zero attached hydrogens (tertiary/aromatic N) is 4. The molecule has 2 aromatic rings. The maximum Gasteiger partial charge on any atom is 0.416 e. The molecule has 1 saturated heterocycles. The number of anilines is 1. The van der Waals surface area contributed by atoms with Crippen LogP contribution in [0.25, 0.3) is 5.57 Å². The molecule has 1 spiro atoms. The number of allylic oxidation sites excluding steroid dienone is 1. The van der Waals surface area contributed by atoms with Crippen molar-refractivity contribution in [2.45, 2.75) is 31.0 Å². The number of H-pyrrole nitrogens is 1. The highest BCUT2D eigenvalue weighted by Crippen LogP contribution is 2.46. The Morgan fingerprint density at radius 1 is 1.19 bits per heavy atom. The van der Waals surface area contributed by atoms with Crippen molar-refractivity contribution >= 4 is 29.3 Å². The summed E-state index contributed by atoms with van der Waals surface area (Å²) < 4.78 is 38.3. The fourth-order valence-corrected chi connectivity index (χ4v) is 4.46. The van der Waals surface area contributed by atoms with Gasteiger partial charge in [-0.05, 0) is 30.5 Å². The number of alkyl halides is 3. The monoisotopic (exact) mass is 428 g/mol. The molecule has 1 saturated carbocycles. The van der Waals surface area contributed by atoms with E-state index < -0.39 is 11.7 Å².